The summed E-state index contributed by atoms with van der Waals surface area (Å²) in [5.74, 6) is -0.102. The molecule has 0 aromatic heterocycles. The predicted octanol–water partition coefficient (Wildman–Crippen LogP) is 4.89. The van der Waals surface area contributed by atoms with Crippen LogP contribution in [-0.4, -0.2) is 68.7 Å². The molecule has 5 aliphatic rings. The molecule has 0 saturated carbocycles. The maximum Gasteiger partial charge on any atom is 0.245 e. The molecule has 0 unspecified atom stereocenters. The largest absolute Gasteiger partial charge is 0.370 e. The fraction of sp³-hybridized carbons (Fsp3) is 0.515. The SMILES string of the molecule is CC1(C)C2=C(C(=O)c3cc(S(=O)(=O)N4CCCC4)c(N4CCC(N5CCCC5)CC4)cc31)c1ccc(C#N)cc1C2. The van der Waals surface area contributed by atoms with Gasteiger partial charge in [-0.1, -0.05) is 19.9 Å². The lowest BCUT2D eigenvalue weighted by Gasteiger charge is -2.40. The van der Waals surface area contributed by atoms with Crippen molar-refractivity contribution < 1.29 is 13.2 Å². The third kappa shape index (κ3) is 4.19. The number of Topliss-reactive ketones (excluding diaryl/α,β-unsaturated/α-hetero) is 1. The molecule has 3 fully saturated rings. The zero-order valence-electron chi connectivity index (χ0n) is 24.1. The molecule has 214 valence electrons. The number of allylic oxidation sites excluding steroid dienone is 2. The zero-order valence-corrected chi connectivity index (χ0v) is 24.9. The molecule has 3 aliphatic heterocycles. The Balaban J connectivity index is 1.33. The van der Waals surface area contributed by atoms with Crippen LogP contribution in [0, 0.1) is 11.3 Å². The minimum absolute atomic E-state index is 0.102. The molecule has 3 saturated heterocycles. The van der Waals surface area contributed by atoms with Gasteiger partial charge in [-0.05, 0) is 105 Å². The number of hydrogen-bond donors (Lipinski definition) is 0. The monoisotopic (exact) mass is 570 g/mol. The van der Waals surface area contributed by atoms with E-state index < -0.39 is 15.4 Å². The van der Waals surface area contributed by atoms with Gasteiger partial charge in [0.25, 0.3) is 0 Å². The van der Waals surface area contributed by atoms with Crippen LogP contribution in [-0.2, 0) is 21.9 Å². The van der Waals surface area contributed by atoms with Gasteiger partial charge in [-0.15, -0.1) is 0 Å². The Hall–Kier alpha value is -2.99. The molecular formula is C33H38N4O3S. The Kier molecular flexibility index (Phi) is 6.42. The summed E-state index contributed by atoms with van der Waals surface area (Å²) in [5.41, 5.74) is 5.92. The van der Waals surface area contributed by atoms with Gasteiger partial charge in [-0.3, -0.25) is 4.79 Å². The van der Waals surface area contributed by atoms with E-state index in [0.29, 0.717) is 42.3 Å². The zero-order chi connectivity index (χ0) is 28.5. The number of nitrogens with zero attached hydrogens (tertiary/aromatic N) is 4. The van der Waals surface area contributed by atoms with E-state index in [1.54, 1.807) is 16.4 Å². The van der Waals surface area contributed by atoms with Crippen molar-refractivity contribution in [3.8, 4) is 6.07 Å². The van der Waals surface area contributed by atoms with Gasteiger partial charge in [0.05, 0.1) is 17.3 Å². The predicted molar refractivity (Wildman–Crippen MR) is 160 cm³/mol. The van der Waals surface area contributed by atoms with Crippen LogP contribution in [0.4, 0.5) is 5.69 Å². The summed E-state index contributed by atoms with van der Waals surface area (Å²) in [6.07, 6.45) is 6.94. The number of carbonyl (C=O) groups excluding carboxylic acids is 1. The highest BCUT2D eigenvalue weighted by molar-refractivity contribution is 7.89. The van der Waals surface area contributed by atoms with Crippen molar-refractivity contribution in [1.29, 1.82) is 5.26 Å². The van der Waals surface area contributed by atoms with E-state index in [9.17, 15) is 18.5 Å². The van der Waals surface area contributed by atoms with E-state index in [1.807, 2.05) is 18.2 Å². The van der Waals surface area contributed by atoms with Gasteiger partial charge in [0.1, 0.15) is 4.90 Å². The lowest BCUT2D eigenvalue weighted by atomic mass is 9.68. The van der Waals surface area contributed by atoms with E-state index in [2.05, 4.69) is 29.7 Å². The number of fused-ring (bicyclic) bond motifs is 3. The van der Waals surface area contributed by atoms with Crippen molar-refractivity contribution in [2.45, 2.75) is 75.1 Å². The van der Waals surface area contributed by atoms with Gasteiger partial charge in [-0.25, -0.2) is 8.42 Å². The Labute approximate surface area is 243 Å². The van der Waals surface area contributed by atoms with Crippen molar-refractivity contribution in [2.24, 2.45) is 0 Å². The van der Waals surface area contributed by atoms with Crippen molar-refractivity contribution in [3.63, 3.8) is 0 Å². The average Bonchev–Trinajstić information content (AvgIpc) is 3.77. The van der Waals surface area contributed by atoms with Crippen molar-refractivity contribution in [3.05, 3.63) is 63.7 Å². The first-order chi connectivity index (χ1) is 19.7. The third-order valence-corrected chi connectivity index (χ3v) is 12.2. The molecule has 7 nitrogen and oxygen atoms in total. The molecule has 0 bridgehead atoms. The maximum atomic E-state index is 14.2. The van der Waals surface area contributed by atoms with Gasteiger partial charge in [0.15, 0.2) is 5.78 Å². The van der Waals surface area contributed by atoms with Gasteiger partial charge in [-0.2, -0.15) is 9.57 Å². The first-order valence-electron chi connectivity index (χ1n) is 15.2. The van der Waals surface area contributed by atoms with Crippen molar-refractivity contribution in [1.82, 2.24) is 9.21 Å². The number of sulfonamides is 1. The second-order valence-electron chi connectivity index (χ2n) is 12.9. The van der Waals surface area contributed by atoms with Gasteiger partial charge in [0.2, 0.25) is 10.0 Å². The Bertz CT molecular complexity index is 1610. The van der Waals surface area contributed by atoms with Crippen LogP contribution in [0.1, 0.15) is 85.0 Å². The first kappa shape index (κ1) is 26.9. The first-order valence-corrected chi connectivity index (χ1v) is 16.6. The number of piperidine rings is 1. The number of likely N-dealkylation sites (tertiary alicyclic amines) is 1. The number of carbonyl (C=O) groups is 1. The van der Waals surface area contributed by atoms with Gasteiger partial charge in [0, 0.05) is 48.8 Å². The number of hydrogen-bond acceptors (Lipinski definition) is 6. The molecule has 8 heteroatoms. The third-order valence-electron chi connectivity index (χ3n) is 10.3. The number of benzene rings is 2. The van der Waals surface area contributed by atoms with Crippen molar-refractivity contribution >= 4 is 27.1 Å². The molecular weight excluding hydrogens is 532 g/mol. The maximum absolute atomic E-state index is 14.2. The van der Waals surface area contributed by atoms with Gasteiger partial charge >= 0.3 is 0 Å². The van der Waals surface area contributed by atoms with Crippen LogP contribution in [0.3, 0.4) is 0 Å². The van der Waals surface area contributed by atoms with E-state index in [1.165, 1.54) is 25.9 Å². The summed E-state index contributed by atoms with van der Waals surface area (Å²) in [6.45, 7) is 9.33. The number of nitriles is 1. The fourth-order valence-electron chi connectivity index (χ4n) is 7.96. The number of anilines is 1. The molecule has 7 rings (SSSR count). The lowest BCUT2D eigenvalue weighted by Crippen LogP contribution is -2.44. The molecule has 0 radical (unpaired) electrons. The minimum Gasteiger partial charge on any atom is -0.370 e. The fourth-order valence-corrected chi connectivity index (χ4v) is 9.69. The summed E-state index contributed by atoms with van der Waals surface area (Å²) in [5, 5.41) is 9.45. The highest BCUT2D eigenvalue weighted by atomic mass is 32.2. The summed E-state index contributed by atoms with van der Waals surface area (Å²) in [6, 6.07) is 12.1. The smallest absolute Gasteiger partial charge is 0.245 e. The molecule has 2 aliphatic carbocycles. The average molecular weight is 571 g/mol. The van der Waals surface area contributed by atoms with Crippen LogP contribution >= 0.6 is 0 Å². The molecule has 3 heterocycles. The molecule has 0 N–H and O–H groups in total. The molecule has 2 aromatic carbocycles. The Morgan fingerprint density at radius 2 is 1.59 bits per heavy atom. The molecule has 41 heavy (non-hydrogen) atoms. The molecule has 0 spiro atoms. The summed E-state index contributed by atoms with van der Waals surface area (Å²) in [4.78, 5) is 19.4. The number of ketones is 1. The van der Waals surface area contributed by atoms with Crippen LogP contribution in [0.25, 0.3) is 5.57 Å². The quantitative estimate of drug-likeness (QED) is 0.521. The second kappa shape index (κ2) is 9.79. The highest BCUT2D eigenvalue weighted by Crippen LogP contribution is 2.51. The normalized spacial score (nSPS) is 23.0. The van der Waals surface area contributed by atoms with Crippen LogP contribution in [0.2, 0.25) is 0 Å². The minimum atomic E-state index is -3.76. The Morgan fingerprint density at radius 1 is 0.902 bits per heavy atom. The number of rotatable bonds is 4. The molecule has 2 aromatic rings. The summed E-state index contributed by atoms with van der Waals surface area (Å²) < 4.78 is 29.9. The topological polar surface area (TPSA) is 84.7 Å². The van der Waals surface area contributed by atoms with Crippen molar-refractivity contribution in [2.75, 3.05) is 44.2 Å². The van der Waals surface area contributed by atoms with E-state index in [4.69, 9.17) is 0 Å². The van der Waals surface area contributed by atoms with Crippen LogP contribution in [0.15, 0.2) is 40.8 Å². The molecule has 0 amide bonds. The molecule has 0 atom stereocenters. The van der Waals surface area contributed by atoms with E-state index >= 15 is 0 Å². The summed E-state index contributed by atoms with van der Waals surface area (Å²) >= 11 is 0. The van der Waals surface area contributed by atoms with Crippen LogP contribution in [0.5, 0.6) is 0 Å². The summed E-state index contributed by atoms with van der Waals surface area (Å²) in [7, 11) is -3.76. The van der Waals surface area contributed by atoms with E-state index in [-0.39, 0.29) is 10.7 Å². The highest BCUT2D eigenvalue weighted by Gasteiger charge is 2.45. The lowest BCUT2D eigenvalue weighted by molar-refractivity contribution is 0.105. The second-order valence-corrected chi connectivity index (χ2v) is 14.8. The van der Waals surface area contributed by atoms with E-state index in [0.717, 1.165) is 66.7 Å². The standard InChI is InChI=1S/C33H38N4O3S/c1-33(2)27-20-29(36-15-9-24(10-16-36)35-11-3-4-12-35)30(41(39,40)37-13-5-6-14-37)19-26(27)32(38)31-25-8-7-22(21-34)17-23(25)18-28(31)33/h7-8,17,19-20,24H,3-6,9-16,18H2,1-2H3. The Morgan fingerprint density at radius 3 is 2.27 bits per heavy atom. The van der Waals surface area contributed by atoms with Gasteiger partial charge < -0.3 is 9.80 Å². The van der Waals surface area contributed by atoms with Crippen LogP contribution < -0.4 is 4.90 Å².